The Morgan fingerprint density at radius 1 is 1.16 bits per heavy atom. The molecule has 0 spiro atoms. The van der Waals surface area contributed by atoms with Crippen molar-refractivity contribution in [3.8, 4) is 11.5 Å². The molecule has 1 fully saturated rings. The lowest BCUT2D eigenvalue weighted by molar-refractivity contribution is 0.129. The number of benzene rings is 2. The number of halogens is 1. The van der Waals surface area contributed by atoms with E-state index < -0.39 is 10.0 Å². The minimum atomic E-state index is -3.40. The van der Waals surface area contributed by atoms with Gasteiger partial charge in [-0.2, -0.15) is 0 Å². The van der Waals surface area contributed by atoms with Crippen LogP contribution in [0.4, 0.5) is 0 Å². The fourth-order valence-electron chi connectivity index (χ4n) is 2.73. The largest absolute Gasteiger partial charge is 0.496 e. The van der Waals surface area contributed by atoms with Gasteiger partial charge in [-0.1, -0.05) is 29.8 Å². The lowest BCUT2D eigenvalue weighted by Gasteiger charge is -2.37. The molecule has 0 atom stereocenters. The van der Waals surface area contributed by atoms with Crippen molar-refractivity contribution < 1.29 is 17.9 Å². The van der Waals surface area contributed by atoms with E-state index >= 15 is 0 Å². The number of rotatable bonds is 7. The number of sulfonamides is 1. The predicted octanol–water partition coefficient (Wildman–Crippen LogP) is 3.19. The van der Waals surface area contributed by atoms with Crippen molar-refractivity contribution in [2.75, 3.05) is 26.8 Å². The van der Waals surface area contributed by atoms with Gasteiger partial charge in [-0.05, 0) is 30.3 Å². The van der Waals surface area contributed by atoms with E-state index in [4.69, 9.17) is 21.1 Å². The molecule has 1 aliphatic heterocycles. The van der Waals surface area contributed by atoms with Crippen LogP contribution in [-0.4, -0.2) is 39.5 Å². The first-order valence-electron chi connectivity index (χ1n) is 7.96. The van der Waals surface area contributed by atoms with Crippen molar-refractivity contribution in [3.05, 3.63) is 59.1 Å². The highest BCUT2D eigenvalue weighted by atomic mass is 35.5. The van der Waals surface area contributed by atoms with Gasteiger partial charge in [0.25, 0.3) is 0 Å². The molecule has 0 saturated carbocycles. The molecule has 0 bridgehead atoms. The van der Waals surface area contributed by atoms with E-state index in [9.17, 15) is 8.42 Å². The molecule has 134 valence electrons. The monoisotopic (exact) mass is 381 g/mol. The SMILES string of the molecule is COc1ccc(Cl)cc1CS(=O)(=O)N1CC(COc2ccccc2)C1. The van der Waals surface area contributed by atoms with Crippen LogP contribution in [0.3, 0.4) is 0 Å². The Morgan fingerprint density at radius 3 is 2.56 bits per heavy atom. The lowest BCUT2D eigenvalue weighted by atomic mass is 10.1. The second-order valence-corrected chi connectivity index (χ2v) is 8.42. The minimum absolute atomic E-state index is 0.122. The topological polar surface area (TPSA) is 55.8 Å². The summed E-state index contributed by atoms with van der Waals surface area (Å²) in [5, 5.41) is 0.490. The summed E-state index contributed by atoms with van der Waals surface area (Å²) in [4.78, 5) is 0. The molecular formula is C18H20ClNO4S. The summed E-state index contributed by atoms with van der Waals surface area (Å²) in [6.07, 6.45) is 0. The first-order chi connectivity index (χ1) is 12.0. The van der Waals surface area contributed by atoms with Crippen LogP contribution < -0.4 is 9.47 Å². The van der Waals surface area contributed by atoms with Crippen LogP contribution in [-0.2, 0) is 15.8 Å². The Kier molecular flexibility index (Phi) is 5.51. The van der Waals surface area contributed by atoms with Gasteiger partial charge in [0.05, 0.1) is 19.5 Å². The van der Waals surface area contributed by atoms with Gasteiger partial charge in [-0.25, -0.2) is 12.7 Å². The van der Waals surface area contributed by atoms with Crippen LogP contribution in [0.2, 0.25) is 5.02 Å². The summed E-state index contributed by atoms with van der Waals surface area (Å²) in [5.74, 6) is 1.41. The number of methoxy groups -OCH3 is 1. The summed E-state index contributed by atoms with van der Waals surface area (Å²) in [7, 11) is -1.89. The molecule has 0 amide bonds. The van der Waals surface area contributed by atoms with Crippen LogP contribution in [0, 0.1) is 5.92 Å². The lowest BCUT2D eigenvalue weighted by Crippen LogP contribution is -2.52. The number of hydrogen-bond acceptors (Lipinski definition) is 4. The smallest absolute Gasteiger partial charge is 0.218 e. The maximum Gasteiger partial charge on any atom is 0.218 e. The third kappa shape index (κ3) is 4.45. The maximum atomic E-state index is 12.6. The molecule has 3 rings (SSSR count). The Bertz CT molecular complexity index is 820. The molecule has 2 aromatic rings. The summed E-state index contributed by atoms with van der Waals surface area (Å²) in [5.41, 5.74) is 0.569. The van der Waals surface area contributed by atoms with Gasteiger partial charge in [0, 0.05) is 29.6 Å². The highest BCUT2D eigenvalue weighted by molar-refractivity contribution is 7.88. The van der Waals surface area contributed by atoms with Crippen LogP contribution in [0.5, 0.6) is 11.5 Å². The summed E-state index contributed by atoms with van der Waals surface area (Å²) in [6, 6.07) is 14.5. The minimum Gasteiger partial charge on any atom is -0.496 e. The fraction of sp³-hybridized carbons (Fsp3) is 0.333. The molecular weight excluding hydrogens is 362 g/mol. The molecule has 5 nitrogen and oxygen atoms in total. The zero-order chi connectivity index (χ0) is 17.9. The molecule has 0 N–H and O–H groups in total. The van der Waals surface area contributed by atoms with Crippen molar-refractivity contribution in [1.29, 1.82) is 0 Å². The highest BCUT2D eigenvalue weighted by Gasteiger charge is 2.36. The van der Waals surface area contributed by atoms with Crippen LogP contribution in [0.15, 0.2) is 48.5 Å². The second kappa shape index (κ2) is 7.64. The molecule has 25 heavy (non-hydrogen) atoms. The first-order valence-corrected chi connectivity index (χ1v) is 9.95. The van der Waals surface area contributed by atoms with E-state index in [-0.39, 0.29) is 11.7 Å². The normalized spacial score (nSPS) is 15.6. The van der Waals surface area contributed by atoms with E-state index in [0.29, 0.717) is 36.0 Å². The van der Waals surface area contributed by atoms with Crippen molar-refractivity contribution in [2.45, 2.75) is 5.75 Å². The van der Waals surface area contributed by atoms with Crippen molar-refractivity contribution in [3.63, 3.8) is 0 Å². The Morgan fingerprint density at radius 2 is 1.88 bits per heavy atom. The molecule has 0 aliphatic carbocycles. The van der Waals surface area contributed by atoms with Gasteiger partial charge in [0.2, 0.25) is 10.0 Å². The fourth-order valence-corrected chi connectivity index (χ4v) is 4.61. The van der Waals surface area contributed by atoms with Crippen LogP contribution in [0.1, 0.15) is 5.56 Å². The van der Waals surface area contributed by atoms with Gasteiger partial charge in [0.1, 0.15) is 11.5 Å². The predicted molar refractivity (Wildman–Crippen MR) is 97.6 cm³/mol. The van der Waals surface area contributed by atoms with E-state index in [1.165, 1.54) is 11.4 Å². The zero-order valence-electron chi connectivity index (χ0n) is 13.9. The summed E-state index contributed by atoms with van der Waals surface area (Å²) >= 11 is 5.97. The molecule has 2 aromatic carbocycles. The van der Waals surface area contributed by atoms with E-state index in [1.54, 1.807) is 18.2 Å². The average molecular weight is 382 g/mol. The average Bonchev–Trinajstić information content (AvgIpc) is 2.54. The molecule has 0 aromatic heterocycles. The van der Waals surface area contributed by atoms with Crippen LogP contribution in [0.25, 0.3) is 0 Å². The Labute approximate surface area is 153 Å². The number of ether oxygens (including phenoxy) is 2. The van der Waals surface area contributed by atoms with E-state index in [2.05, 4.69) is 0 Å². The number of para-hydroxylation sites is 1. The Balaban J connectivity index is 1.55. The van der Waals surface area contributed by atoms with Gasteiger partial charge in [-0.15, -0.1) is 0 Å². The second-order valence-electron chi connectivity index (χ2n) is 6.02. The van der Waals surface area contributed by atoms with Gasteiger partial charge >= 0.3 is 0 Å². The first kappa shape index (κ1) is 18.0. The van der Waals surface area contributed by atoms with Gasteiger partial charge in [-0.3, -0.25) is 0 Å². The third-order valence-corrected chi connectivity index (χ3v) is 6.12. The standard InChI is InChI=1S/C18H20ClNO4S/c1-23-18-8-7-16(19)9-15(18)13-25(21,22)20-10-14(11-20)12-24-17-5-3-2-4-6-17/h2-9,14H,10-13H2,1H3. The zero-order valence-corrected chi connectivity index (χ0v) is 15.5. The molecule has 1 saturated heterocycles. The maximum absolute atomic E-state index is 12.6. The third-order valence-electron chi connectivity index (χ3n) is 4.13. The van der Waals surface area contributed by atoms with Gasteiger partial charge < -0.3 is 9.47 Å². The molecule has 1 aliphatic rings. The number of hydrogen-bond donors (Lipinski definition) is 0. The van der Waals surface area contributed by atoms with Crippen molar-refractivity contribution in [1.82, 2.24) is 4.31 Å². The Hall–Kier alpha value is -1.76. The molecule has 0 unspecified atom stereocenters. The van der Waals surface area contributed by atoms with Crippen molar-refractivity contribution in [2.24, 2.45) is 5.92 Å². The van der Waals surface area contributed by atoms with E-state index in [1.807, 2.05) is 30.3 Å². The van der Waals surface area contributed by atoms with E-state index in [0.717, 1.165) is 5.75 Å². The molecule has 0 radical (unpaired) electrons. The highest BCUT2D eigenvalue weighted by Crippen LogP contribution is 2.28. The quantitative estimate of drug-likeness (QED) is 0.739. The van der Waals surface area contributed by atoms with Crippen LogP contribution >= 0.6 is 11.6 Å². The summed E-state index contributed by atoms with van der Waals surface area (Å²) < 4.78 is 37.5. The number of nitrogens with zero attached hydrogens (tertiary/aromatic N) is 1. The summed E-state index contributed by atoms with van der Waals surface area (Å²) in [6.45, 7) is 1.45. The van der Waals surface area contributed by atoms with Gasteiger partial charge in [0.15, 0.2) is 0 Å². The molecule has 1 heterocycles. The molecule has 7 heteroatoms. The van der Waals surface area contributed by atoms with Crippen molar-refractivity contribution >= 4 is 21.6 Å².